The van der Waals surface area contributed by atoms with E-state index >= 15 is 0 Å². The van der Waals surface area contributed by atoms with E-state index in [9.17, 15) is 0 Å². The van der Waals surface area contributed by atoms with E-state index in [1.807, 2.05) is 0 Å². The highest BCUT2D eigenvalue weighted by Gasteiger charge is 2.28. The molecule has 0 aromatic heterocycles. The summed E-state index contributed by atoms with van der Waals surface area (Å²) in [5.41, 5.74) is 3.05. The molecule has 0 bridgehead atoms. The molecule has 0 aromatic carbocycles. The predicted octanol–water partition coefficient (Wildman–Crippen LogP) is 3.08. The fraction of sp³-hybridized carbons (Fsp3) is 1.00. The molecule has 1 rings (SSSR count). The van der Waals surface area contributed by atoms with Crippen LogP contribution in [-0.4, -0.2) is 6.04 Å². The molecule has 0 heterocycles. The number of nitrogens with two attached hydrogens (primary N) is 1. The molecule has 0 spiro atoms. The Kier molecular flexibility index (Phi) is 5.62. The van der Waals surface area contributed by atoms with Crippen LogP contribution in [0, 0.1) is 17.8 Å². The zero-order chi connectivity index (χ0) is 11.3. The molecule has 1 saturated carbocycles. The normalized spacial score (nSPS) is 34.0. The van der Waals surface area contributed by atoms with Gasteiger partial charge in [0.15, 0.2) is 0 Å². The van der Waals surface area contributed by atoms with Crippen LogP contribution in [0.2, 0.25) is 0 Å². The molecule has 0 amide bonds. The Morgan fingerprint density at radius 2 is 1.80 bits per heavy atom. The van der Waals surface area contributed by atoms with Crippen molar-refractivity contribution >= 4 is 0 Å². The average molecular weight is 212 g/mol. The Morgan fingerprint density at radius 1 is 1.20 bits per heavy atom. The lowest BCUT2D eigenvalue weighted by Gasteiger charge is -2.36. The first-order chi connectivity index (χ1) is 7.17. The molecular weight excluding hydrogens is 184 g/mol. The van der Waals surface area contributed by atoms with Crippen LogP contribution in [0.3, 0.4) is 0 Å². The van der Waals surface area contributed by atoms with E-state index in [1.54, 1.807) is 0 Å². The zero-order valence-electron chi connectivity index (χ0n) is 10.6. The van der Waals surface area contributed by atoms with Crippen molar-refractivity contribution in [3.63, 3.8) is 0 Å². The van der Waals surface area contributed by atoms with Gasteiger partial charge in [0, 0.05) is 6.04 Å². The second kappa shape index (κ2) is 6.49. The highest BCUT2D eigenvalue weighted by molar-refractivity contribution is 4.82. The van der Waals surface area contributed by atoms with Crippen LogP contribution in [0.5, 0.6) is 0 Å². The van der Waals surface area contributed by atoms with Crippen LogP contribution in [0.4, 0.5) is 0 Å². The van der Waals surface area contributed by atoms with Gasteiger partial charge in [-0.1, -0.05) is 33.6 Å². The highest BCUT2D eigenvalue weighted by Crippen LogP contribution is 2.35. The lowest BCUT2D eigenvalue weighted by molar-refractivity contribution is 0.170. The van der Waals surface area contributed by atoms with Crippen molar-refractivity contribution in [1.29, 1.82) is 0 Å². The van der Waals surface area contributed by atoms with E-state index in [0.29, 0.717) is 6.04 Å². The van der Waals surface area contributed by atoms with Crippen molar-refractivity contribution in [2.24, 2.45) is 23.6 Å². The molecule has 0 saturated heterocycles. The Morgan fingerprint density at radius 3 is 2.27 bits per heavy atom. The largest absolute Gasteiger partial charge is 0.271 e. The summed E-state index contributed by atoms with van der Waals surface area (Å²) in [6.45, 7) is 7.02. The number of nitrogens with one attached hydrogen (secondary N) is 1. The van der Waals surface area contributed by atoms with Crippen molar-refractivity contribution in [2.45, 2.75) is 65.3 Å². The third-order valence-corrected chi connectivity index (χ3v) is 3.87. The van der Waals surface area contributed by atoms with Gasteiger partial charge in [-0.2, -0.15) is 0 Å². The summed E-state index contributed by atoms with van der Waals surface area (Å²) in [5, 5.41) is 0. The van der Waals surface area contributed by atoms with Crippen LogP contribution in [0.1, 0.15) is 59.3 Å². The summed E-state index contributed by atoms with van der Waals surface area (Å²) in [6, 6.07) is 0.551. The molecule has 3 atom stereocenters. The van der Waals surface area contributed by atoms with Crippen LogP contribution in [-0.2, 0) is 0 Å². The lowest BCUT2D eigenvalue weighted by Crippen LogP contribution is -2.43. The SMILES string of the molecule is CCCCC(NN)C1CC(C)CC(C)C1. The van der Waals surface area contributed by atoms with Crippen molar-refractivity contribution in [2.75, 3.05) is 0 Å². The van der Waals surface area contributed by atoms with Gasteiger partial charge in [-0.25, -0.2) is 0 Å². The standard InChI is InChI=1S/C13H28N2/c1-4-5-6-13(15-14)12-8-10(2)7-11(3)9-12/h10-13,15H,4-9,14H2,1-3H3. The van der Waals surface area contributed by atoms with Gasteiger partial charge in [-0.05, 0) is 43.4 Å². The second-order valence-corrected chi connectivity index (χ2v) is 5.59. The molecule has 0 radical (unpaired) electrons. The molecule has 2 nitrogen and oxygen atoms in total. The van der Waals surface area contributed by atoms with Crippen molar-refractivity contribution < 1.29 is 0 Å². The van der Waals surface area contributed by atoms with Gasteiger partial charge in [0.1, 0.15) is 0 Å². The fourth-order valence-corrected chi connectivity index (χ4v) is 3.22. The van der Waals surface area contributed by atoms with Gasteiger partial charge in [0.05, 0.1) is 0 Å². The maximum atomic E-state index is 5.69. The summed E-state index contributed by atoms with van der Waals surface area (Å²) >= 11 is 0. The second-order valence-electron chi connectivity index (χ2n) is 5.59. The maximum absolute atomic E-state index is 5.69. The van der Waals surface area contributed by atoms with E-state index in [1.165, 1.54) is 38.5 Å². The average Bonchev–Trinajstić information content (AvgIpc) is 2.17. The Bertz CT molecular complexity index is 160. The van der Waals surface area contributed by atoms with E-state index in [0.717, 1.165) is 17.8 Å². The summed E-state index contributed by atoms with van der Waals surface area (Å²) < 4.78 is 0. The first kappa shape index (κ1) is 13.0. The monoisotopic (exact) mass is 212 g/mol. The quantitative estimate of drug-likeness (QED) is 0.543. The zero-order valence-corrected chi connectivity index (χ0v) is 10.6. The topological polar surface area (TPSA) is 38.0 Å². The van der Waals surface area contributed by atoms with E-state index < -0.39 is 0 Å². The Hall–Kier alpha value is -0.0800. The van der Waals surface area contributed by atoms with Gasteiger partial charge in [0.25, 0.3) is 0 Å². The number of unbranched alkanes of at least 4 members (excludes halogenated alkanes) is 1. The number of hydrogen-bond donors (Lipinski definition) is 2. The molecule has 3 unspecified atom stereocenters. The Balaban J connectivity index is 2.43. The highest BCUT2D eigenvalue weighted by atomic mass is 15.2. The third-order valence-electron chi connectivity index (χ3n) is 3.87. The van der Waals surface area contributed by atoms with Crippen molar-refractivity contribution in [3.05, 3.63) is 0 Å². The van der Waals surface area contributed by atoms with E-state index in [-0.39, 0.29) is 0 Å². The summed E-state index contributed by atoms with van der Waals surface area (Å²) in [6.07, 6.45) is 7.95. The molecule has 1 aliphatic rings. The molecule has 90 valence electrons. The minimum Gasteiger partial charge on any atom is -0.271 e. The van der Waals surface area contributed by atoms with Gasteiger partial charge in [0.2, 0.25) is 0 Å². The lowest BCUT2D eigenvalue weighted by atomic mass is 9.73. The minimum absolute atomic E-state index is 0.551. The van der Waals surface area contributed by atoms with E-state index in [2.05, 4.69) is 26.2 Å². The van der Waals surface area contributed by atoms with Crippen molar-refractivity contribution in [3.8, 4) is 0 Å². The van der Waals surface area contributed by atoms with Crippen molar-refractivity contribution in [1.82, 2.24) is 5.43 Å². The van der Waals surface area contributed by atoms with Gasteiger partial charge >= 0.3 is 0 Å². The first-order valence-corrected chi connectivity index (χ1v) is 6.63. The summed E-state index contributed by atoms with van der Waals surface area (Å²) in [4.78, 5) is 0. The number of hydrazine groups is 1. The molecule has 0 aromatic rings. The predicted molar refractivity (Wildman–Crippen MR) is 66.3 cm³/mol. The fourth-order valence-electron chi connectivity index (χ4n) is 3.22. The molecule has 2 heteroatoms. The molecule has 15 heavy (non-hydrogen) atoms. The van der Waals surface area contributed by atoms with E-state index in [4.69, 9.17) is 5.84 Å². The summed E-state index contributed by atoms with van der Waals surface area (Å²) in [7, 11) is 0. The third kappa shape index (κ3) is 4.12. The molecule has 1 fully saturated rings. The first-order valence-electron chi connectivity index (χ1n) is 6.63. The Labute approximate surface area is 95.0 Å². The van der Waals surface area contributed by atoms with Crippen LogP contribution in [0.25, 0.3) is 0 Å². The van der Waals surface area contributed by atoms with Gasteiger partial charge in [-0.3, -0.25) is 11.3 Å². The smallest absolute Gasteiger partial charge is 0.0238 e. The molecule has 3 N–H and O–H groups in total. The van der Waals surface area contributed by atoms with Crippen LogP contribution in [0.15, 0.2) is 0 Å². The molecule has 0 aliphatic heterocycles. The van der Waals surface area contributed by atoms with Crippen LogP contribution < -0.4 is 11.3 Å². The number of hydrogen-bond acceptors (Lipinski definition) is 2. The molecule has 1 aliphatic carbocycles. The minimum atomic E-state index is 0.551. The number of rotatable bonds is 5. The van der Waals surface area contributed by atoms with Gasteiger partial charge < -0.3 is 0 Å². The van der Waals surface area contributed by atoms with Crippen LogP contribution >= 0.6 is 0 Å². The molecular formula is C13H28N2. The van der Waals surface area contributed by atoms with Gasteiger partial charge in [-0.15, -0.1) is 0 Å². The maximum Gasteiger partial charge on any atom is 0.0238 e. The summed E-state index contributed by atoms with van der Waals surface area (Å²) in [5.74, 6) is 8.26.